The van der Waals surface area contributed by atoms with Crippen LogP contribution in [0.3, 0.4) is 0 Å². The lowest BCUT2D eigenvalue weighted by Crippen LogP contribution is -2.28. The van der Waals surface area contributed by atoms with Gasteiger partial charge < -0.3 is 14.2 Å². The van der Waals surface area contributed by atoms with E-state index in [0.29, 0.717) is 26.1 Å². The van der Waals surface area contributed by atoms with Crippen LogP contribution in [0.5, 0.6) is 0 Å². The quantitative estimate of drug-likeness (QED) is 0.0404. The molecule has 42 heavy (non-hydrogen) atoms. The van der Waals surface area contributed by atoms with Gasteiger partial charge in [-0.3, -0.25) is 8.98 Å². The molecule has 0 fully saturated rings. The Labute approximate surface area is 257 Å². The highest BCUT2D eigenvalue weighted by Crippen LogP contribution is 2.19. The number of benzene rings is 1. The van der Waals surface area contributed by atoms with Crippen molar-refractivity contribution in [2.45, 2.75) is 148 Å². The first kappa shape index (κ1) is 38.5. The van der Waals surface area contributed by atoms with Gasteiger partial charge in [-0.2, -0.15) is 8.42 Å². The maximum absolute atomic E-state index is 12.7. The van der Waals surface area contributed by atoms with E-state index in [2.05, 4.69) is 6.92 Å². The van der Waals surface area contributed by atoms with E-state index < -0.39 is 22.3 Å². The molecule has 0 saturated carbocycles. The summed E-state index contributed by atoms with van der Waals surface area (Å²) in [6, 6.07) is 6.52. The van der Waals surface area contributed by atoms with Crippen LogP contribution in [0, 0.1) is 12.8 Å². The van der Waals surface area contributed by atoms with E-state index in [-0.39, 0.29) is 24.1 Å². The van der Waals surface area contributed by atoms with Crippen molar-refractivity contribution in [3.05, 3.63) is 29.8 Å². The normalized spacial score (nSPS) is 12.6. The van der Waals surface area contributed by atoms with Gasteiger partial charge in [0.2, 0.25) is 0 Å². The molecule has 0 aliphatic heterocycles. The number of esters is 1. The van der Waals surface area contributed by atoms with Crippen molar-refractivity contribution < 1.29 is 31.6 Å². The maximum atomic E-state index is 12.7. The van der Waals surface area contributed by atoms with Crippen molar-refractivity contribution >= 4 is 16.1 Å². The van der Waals surface area contributed by atoms with E-state index in [1.165, 1.54) is 89.2 Å². The van der Waals surface area contributed by atoms with E-state index in [1.807, 2.05) is 20.8 Å². The first-order valence-electron chi connectivity index (χ1n) is 16.7. The largest absolute Gasteiger partial charge is 0.465 e. The van der Waals surface area contributed by atoms with E-state index in [0.717, 1.165) is 24.8 Å². The van der Waals surface area contributed by atoms with Crippen LogP contribution in [-0.2, 0) is 33.3 Å². The van der Waals surface area contributed by atoms with E-state index in [9.17, 15) is 13.2 Å². The topological polar surface area (TPSA) is 88.1 Å². The number of carbonyl (C=O) groups is 1. The molecule has 0 heterocycles. The molecule has 0 amide bonds. The van der Waals surface area contributed by atoms with Crippen molar-refractivity contribution in [1.82, 2.24) is 0 Å². The summed E-state index contributed by atoms with van der Waals surface area (Å²) in [5, 5.41) is 0. The van der Waals surface area contributed by atoms with Gasteiger partial charge in [0.05, 0.1) is 18.1 Å². The second-order valence-corrected chi connectivity index (χ2v) is 13.0. The molecule has 8 heteroatoms. The molecule has 0 aromatic heterocycles. The van der Waals surface area contributed by atoms with Crippen LogP contribution < -0.4 is 0 Å². The summed E-state index contributed by atoms with van der Waals surface area (Å²) < 4.78 is 47.6. The van der Waals surface area contributed by atoms with E-state index in [4.69, 9.17) is 18.4 Å². The minimum Gasteiger partial charge on any atom is -0.465 e. The fraction of sp³-hybridized carbons (Fsp3) is 0.794. The van der Waals surface area contributed by atoms with Crippen LogP contribution in [0.2, 0.25) is 0 Å². The van der Waals surface area contributed by atoms with Crippen molar-refractivity contribution in [3.8, 4) is 0 Å². The summed E-state index contributed by atoms with van der Waals surface area (Å²) in [5.41, 5.74) is 0.962. The van der Waals surface area contributed by atoms with Crippen molar-refractivity contribution in [2.24, 2.45) is 5.92 Å². The number of hydrogen-bond acceptors (Lipinski definition) is 7. The second kappa shape index (κ2) is 24.9. The molecule has 0 saturated heterocycles. The van der Waals surface area contributed by atoms with Crippen LogP contribution >= 0.6 is 0 Å². The second-order valence-electron chi connectivity index (χ2n) is 11.4. The third-order valence-electron chi connectivity index (χ3n) is 7.46. The molecule has 1 aromatic carbocycles. The number of unbranched alkanes of at least 4 members (excludes halogenated alkanes) is 14. The highest BCUT2D eigenvalue weighted by molar-refractivity contribution is 7.86. The van der Waals surface area contributed by atoms with E-state index in [1.54, 1.807) is 12.1 Å². The Balaban J connectivity index is 2.30. The molecular weight excluding hydrogens is 552 g/mol. The molecule has 1 rings (SSSR count). The molecule has 1 aromatic rings. The Bertz CT molecular complexity index is 880. The Morgan fingerprint density at radius 3 is 1.64 bits per heavy atom. The molecule has 0 aliphatic rings. The van der Waals surface area contributed by atoms with Crippen molar-refractivity contribution in [3.63, 3.8) is 0 Å². The molecule has 7 nitrogen and oxygen atoms in total. The number of carbonyl (C=O) groups excluding carboxylic acids is 1. The molecule has 1 atom stereocenters. The van der Waals surface area contributed by atoms with Gasteiger partial charge in [0.15, 0.2) is 6.29 Å². The SMILES string of the molecule is CCCCCCCCCCCCCCCCCC(=O)OCC(COS(=O)(=O)c1ccc(C)cc1)CC(OCC)OCC. The van der Waals surface area contributed by atoms with Crippen molar-refractivity contribution in [1.29, 1.82) is 0 Å². The zero-order chi connectivity index (χ0) is 30.9. The lowest BCUT2D eigenvalue weighted by molar-refractivity contribution is -0.158. The average Bonchev–Trinajstić information content (AvgIpc) is 2.97. The van der Waals surface area contributed by atoms with Crippen LogP contribution in [0.25, 0.3) is 0 Å². The standard InChI is InChI=1S/C34H60O7S/c1-5-8-9-10-11-12-13-14-15-16-17-18-19-20-21-22-33(35)40-28-31(27-34(38-6-2)39-7-3)29-41-42(36,37)32-25-23-30(4)24-26-32/h23-26,31,34H,5-22,27-29H2,1-4H3. The van der Waals surface area contributed by atoms with Gasteiger partial charge in [0.25, 0.3) is 10.1 Å². The van der Waals surface area contributed by atoms with Crippen LogP contribution in [0.1, 0.15) is 135 Å². The molecular formula is C34H60O7S. The molecule has 0 spiro atoms. The van der Waals surface area contributed by atoms with Gasteiger partial charge in [-0.1, -0.05) is 115 Å². The molecule has 1 unspecified atom stereocenters. The van der Waals surface area contributed by atoms with Gasteiger partial charge in [-0.15, -0.1) is 0 Å². The van der Waals surface area contributed by atoms with E-state index >= 15 is 0 Å². The number of rotatable bonds is 28. The highest BCUT2D eigenvalue weighted by Gasteiger charge is 2.23. The lowest BCUT2D eigenvalue weighted by Gasteiger charge is -2.23. The van der Waals surface area contributed by atoms with Crippen LogP contribution in [0.15, 0.2) is 29.2 Å². The van der Waals surface area contributed by atoms with Crippen LogP contribution in [-0.4, -0.2) is 47.1 Å². The molecule has 0 bridgehead atoms. The number of ether oxygens (including phenoxy) is 3. The summed E-state index contributed by atoms with van der Waals surface area (Å²) in [5.74, 6) is -0.654. The summed E-state index contributed by atoms with van der Waals surface area (Å²) in [4.78, 5) is 12.5. The molecule has 0 aliphatic carbocycles. The molecule has 0 N–H and O–H groups in total. The third-order valence-corrected chi connectivity index (χ3v) is 8.76. The summed E-state index contributed by atoms with van der Waals surface area (Å²) in [6.45, 7) is 8.74. The van der Waals surface area contributed by atoms with Gasteiger partial charge >= 0.3 is 5.97 Å². The Hall–Kier alpha value is -1.48. The van der Waals surface area contributed by atoms with Gasteiger partial charge in [-0.05, 0) is 39.3 Å². The highest BCUT2D eigenvalue weighted by atomic mass is 32.2. The summed E-state index contributed by atoms with van der Waals surface area (Å²) >= 11 is 0. The predicted molar refractivity (Wildman–Crippen MR) is 170 cm³/mol. The Morgan fingerprint density at radius 2 is 1.17 bits per heavy atom. The summed E-state index contributed by atoms with van der Waals surface area (Å²) in [7, 11) is -3.93. The van der Waals surface area contributed by atoms with Gasteiger partial charge in [0.1, 0.15) is 0 Å². The van der Waals surface area contributed by atoms with Crippen molar-refractivity contribution in [2.75, 3.05) is 26.4 Å². The Kier molecular flexibility index (Phi) is 22.9. The summed E-state index contributed by atoms with van der Waals surface area (Å²) in [6.07, 6.45) is 19.3. The number of hydrogen-bond donors (Lipinski definition) is 0. The minimum atomic E-state index is -3.93. The Morgan fingerprint density at radius 1 is 0.690 bits per heavy atom. The predicted octanol–water partition coefficient (Wildman–Crippen LogP) is 8.91. The maximum Gasteiger partial charge on any atom is 0.305 e. The van der Waals surface area contributed by atoms with Gasteiger partial charge in [0, 0.05) is 32.0 Å². The monoisotopic (exact) mass is 612 g/mol. The number of aryl methyl sites for hydroxylation is 1. The van der Waals surface area contributed by atoms with Gasteiger partial charge in [-0.25, -0.2) is 0 Å². The minimum absolute atomic E-state index is 0.0532. The molecule has 0 radical (unpaired) electrons. The zero-order valence-corrected chi connectivity index (χ0v) is 27.9. The lowest BCUT2D eigenvalue weighted by atomic mass is 10.0. The fourth-order valence-electron chi connectivity index (χ4n) is 4.89. The van der Waals surface area contributed by atoms with Crippen LogP contribution in [0.4, 0.5) is 0 Å². The first-order valence-corrected chi connectivity index (χ1v) is 18.1. The average molecular weight is 613 g/mol. The smallest absolute Gasteiger partial charge is 0.305 e. The first-order chi connectivity index (χ1) is 20.3. The third kappa shape index (κ3) is 19.7. The molecule has 244 valence electrons. The zero-order valence-electron chi connectivity index (χ0n) is 27.1. The fourth-order valence-corrected chi connectivity index (χ4v) is 5.87.